The van der Waals surface area contributed by atoms with Crippen molar-refractivity contribution in [3.05, 3.63) is 22.7 Å². The fraction of sp³-hybridized carbons (Fsp3) is 0.750. The number of carbonyl (C=O) groups is 1. The fourth-order valence-corrected chi connectivity index (χ4v) is 4.10. The third kappa shape index (κ3) is 5.52. The second kappa shape index (κ2) is 9.48. The molecule has 0 unspecified atom stereocenters. The highest BCUT2D eigenvalue weighted by Gasteiger charge is 2.41. The average Bonchev–Trinajstić information content (AvgIpc) is 2.57. The van der Waals surface area contributed by atoms with Crippen LogP contribution in [0.1, 0.15) is 65.8 Å². The van der Waals surface area contributed by atoms with E-state index in [-0.39, 0.29) is 10.9 Å². The lowest BCUT2D eigenvalue weighted by Gasteiger charge is -2.36. The molecule has 1 N–H and O–H groups in total. The second-order valence-electron chi connectivity index (χ2n) is 8.50. The Morgan fingerprint density at radius 1 is 1.22 bits per heavy atom. The molecule has 5 nitrogen and oxygen atoms in total. The first-order chi connectivity index (χ1) is 12.4. The number of hydrogen-bond acceptors (Lipinski definition) is 4. The molecule has 0 radical (unpaired) electrons. The van der Waals surface area contributed by atoms with E-state index in [2.05, 4.69) is 49.1 Å². The van der Waals surface area contributed by atoms with Crippen molar-refractivity contribution in [1.82, 2.24) is 15.3 Å². The Balaban J connectivity index is 3.19. The van der Waals surface area contributed by atoms with Crippen LogP contribution >= 0.6 is 11.6 Å². The highest BCUT2D eigenvalue weighted by atomic mass is 35.5. The van der Waals surface area contributed by atoms with Crippen molar-refractivity contribution in [1.29, 1.82) is 0 Å². The van der Waals surface area contributed by atoms with Crippen LogP contribution in [-0.2, 0) is 21.1 Å². The van der Waals surface area contributed by atoms with Crippen LogP contribution in [0.25, 0.3) is 0 Å². The summed E-state index contributed by atoms with van der Waals surface area (Å²) in [7, 11) is -1.84. The topological polar surface area (TPSA) is 64.1 Å². The molecule has 1 rings (SSSR count). The Bertz CT molecular complexity index is 641. The normalized spacial score (nSPS) is 12.9. The highest BCUT2D eigenvalue weighted by molar-refractivity contribution is 6.74. The minimum absolute atomic E-state index is 0.0156. The summed E-state index contributed by atoms with van der Waals surface area (Å²) in [6, 6.07) is 0. The van der Waals surface area contributed by atoms with E-state index in [9.17, 15) is 4.79 Å². The van der Waals surface area contributed by atoms with Crippen molar-refractivity contribution in [2.24, 2.45) is 0 Å². The molecule has 1 heterocycles. The lowest BCUT2D eigenvalue weighted by atomic mass is 9.76. The second-order valence-corrected chi connectivity index (χ2v) is 13.7. The maximum absolute atomic E-state index is 12.9. The van der Waals surface area contributed by atoms with Gasteiger partial charge in [-0.3, -0.25) is 9.78 Å². The molecule has 0 saturated carbocycles. The van der Waals surface area contributed by atoms with E-state index in [1.807, 2.05) is 20.8 Å². The van der Waals surface area contributed by atoms with Gasteiger partial charge >= 0.3 is 0 Å². The summed E-state index contributed by atoms with van der Waals surface area (Å²) in [4.78, 5) is 22.0. The van der Waals surface area contributed by atoms with E-state index in [0.717, 1.165) is 5.69 Å². The molecule has 1 aromatic rings. The van der Waals surface area contributed by atoms with Crippen LogP contribution in [0.5, 0.6) is 0 Å². The van der Waals surface area contributed by atoms with Crippen LogP contribution in [0.2, 0.25) is 23.3 Å². The number of hydrogen-bond donors (Lipinski definition) is 1. The molecule has 0 aliphatic rings. The monoisotopic (exact) mass is 413 g/mol. The SMILES string of the molecule is CCNC(=O)C(CC)(CC)c1nc(Cl)cnc1CCO[Si](C)(C)C(C)(C)C. The summed E-state index contributed by atoms with van der Waals surface area (Å²) >= 11 is 6.16. The van der Waals surface area contributed by atoms with Gasteiger partial charge in [-0.2, -0.15) is 0 Å². The number of rotatable bonds is 9. The number of nitrogens with zero attached hydrogens (tertiary/aromatic N) is 2. The standard InChI is InChI=1S/C20H36ClN3O2Si/c1-9-20(10-2,18(25)22-11-3)17-15(23-14-16(21)24-17)12-13-26-27(7,8)19(4,5)6/h14H,9-13H2,1-8H3,(H,22,25). The van der Waals surface area contributed by atoms with Crippen molar-refractivity contribution in [2.45, 2.75) is 84.4 Å². The Labute approximate surface area is 170 Å². The zero-order valence-electron chi connectivity index (χ0n) is 18.2. The number of halogens is 1. The first-order valence-corrected chi connectivity index (χ1v) is 13.2. The molecule has 0 atom stereocenters. The van der Waals surface area contributed by atoms with E-state index >= 15 is 0 Å². The highest BCUT2D eigenvalue weighted by Crippen LogP contribution is 2.37. The van der Waals surface area contributed by atoms with Crippen LogP contribution in [-0.4, -0.2) is 37.3 Å². The summed E-state index contributed by atoms with van der Waals surface area (Å²) in [6.45, 7) is 18.2. The minimum Gasteiger partial charge on any atom is -0.416 e. The van der Waals surface area contributed by atoms with Gasteiger partial charge in [-0.15, -0.1) is 0 Å². The number of likely N-dealkylation sites (N-methyl/N-ethyl adjacent to an activating group) is 1. The van der Waals surface area contributed by atoms with Crippen LogP contribution < -0.4 is 5.32 Å². The molecule has 0 saturated heterocycles. The first kappa shape index (κ1) is 24.1. The molecular weight excluding hydrogens is 378 g/mol. The molecule has 0 aliphatic heterocycles. The number of carbonyl (C=O) groups excluding carboxylic acids is 1. The molecule has 1 amide bonds. The maximum atomic E-state index is 12.9. The minimum atomic E-state index is -1.84. The van der Waals surface area contributed by atoms with Crippen LogP contribution in [0.3, 0.4) is 0 Å². The summed E-state index contributed by atoms with van der Waals surface area (Å²) in [6.07, 6.45) is 3.45. The number of aromatic nitrogens is 2. The van der Waals surface area contributed by atoms with Crippen molar-refractivity contribution in [3.8, 4) is 0 Å². The molecule has 0 spiro atoms. The van der Waals surface area contributed by atoms with Gasteiger partial charge in [-0.05, 0) is 37.9 Å². The van der Waals surface area contributed by atoms with E-state index in [1.54, 1.807) is 6.20 Å². The Kier molecular flexibility index (Phi) is 8.45. The summed E-state index contributed by atoms with van der Waals surface area (Å²) in [5.41, 5.74) is 0.762. The summed E-state index contributed by atoms with van der Waals surface area (Å²) in [5, 5.41) is 3.43. The Morgan fingerprint density at radius 2 is 1.81 bits per heavy atom. The van der Waals surface area contributed by atoms with E-state index < -0.39 is 13.7 Å². The summed E-state index contributed by atoms with van der Waals surface area (Å²) < 4.78 is 6.31. The van der Waals surface area contributed by atoms with Crippen molar-refractivity contribution in [3.63, 3.8) is 0 Å². The van der Waals surface area contributed by atoms with Gasteiger partial charge in [0.2, 0.25) is 5.91 Å². The van der Waals surface area contributed by atoms with Gasteiger partial charge in [0.25, 0.3) is 0 Å². The Morgan fingerprint density at radius 3 is 2.30 bits per heavy atom. The molecule has 0 aromatic carbocycles. The molecule has 27 heavy (non-hydrogen) atoms. The van der Waals surface area contributed by atoms with Gasteiger partial charge in [-0.25, -0.2) is 4.98 Å². The zero-order valence-corrected chi connectivity index (χ0v) is 20.0. The average molecular weight is 414 g/mol. The number of amides is 1. The maximum Gasteiger partial charge on any atom is 0.232 e. The van der Waals surface area contributed by atoms with Gasteiger partial charge < -0.3 is 9.74 Å². The molecule has 1 aromatic heterocycles. The van der Waals surface area contributed by atoms with Crippen LogP contribution in [0, 0.1) is 0 Å². The van der Waals surface area contributed by atoms with Crippen molar-refractivity contribution < 1.29 is 9.22 Å². The molecule has 0 fully saturated rings. The quantitative estimate of drug-likeness (QED) is 0.585. The summed E-state index contributed by atoms with van der Waals surface area (Å²) in [5.74, 6) is -0.0156. The lowest BCUT2D eigenvalue weighted by Crippen LogP contribution is -2.45. The predicted octanol–water partition coefficient (Wildman–Crippen LogP) is 4.89. The van der Waals surface area contributed by atoms with Gasteiger partial charge in [0.15, 0.2) is 8.32 Å². The molecule has 0 bridgehead atoms. The zero-order chi connectivity index (χ0) is 20.9. The van der Waals surface area contributed by atoms with Gasteiger partial charge in [-0.1, -0.05) is 46.2 Å². The van der Waals surface area contributed by atoms with E-state index in [1.165, 1.54) is 0 Å². The van der Waals surface area contributed by atoms with Gasteiger partial charge in [0, 0.05) is 19.6 Å². The van der Waals surface area contributed by atoms with Crippen molar-refractivity contribution >= 4 is 25.8 Å². The smallest absolute Gasteiger partial charge is 0.232 e. The fourth-order valence-electron chi connectivity index (χ4n) is 2.92. The molecule has 7 heteroatoms. The third-order valence-electron chi connectivity index (χ3n) is 5.86. The largest absolute Gasteiger partial charge is 0.416 e. The van der Waals surface area contributed by atoms with Crippen molar-refractivity contribution in [2.75, 3.05) is 13.2 Å². The first-order valence-electron chi connectivity index (χ1n) is 9.89. The van der Waals surface area contributed by atoms with Gasteiger partial charge in [0.05, 0.1) is 23.0 Å². The van der Waals surface area contributed by atoms with Crippen LogP contribution in [0.4, 0.5) is 0 Å². The lowest BCUT2D eigenvalue weighted by molar-refractivity contribution is -0.127. The van der Waals surface area contributed by atoms with E-state index in [4.69, 9.17) is 16.0 Å². The van der Waals surface area contributed by atoms with Crippen LogP contribution in [0.15, 0.2) is 6.20 Å². The van der Waals surface area contributed by atoms with E-state index in [0.29, 0.717) is 43.3 Å². The molecule has 0 aliphatic carbocycles. The predicted molar refractivity (Wildman–Crippen MR) is 115 cm³/mol. The Hall–Kier alpha value is -0.983. The molecular formula is C20H36ClN3O2Si. The molecule has 154 valence electrons. The number of nitrogens with one attached hydrogen (secondary N) is 1. The third-order valence-corrected chi connectivity index (χ3v) is 10.6. The van der Waals surface area contributed by atoms with Gasteiger partial charge in [0.1, 0.15) is 5.15 Å².